The summed E-state index contributed by atoms with van der Waals surface area (Å²) in [5, 5.41) is 11.0. The van der Waals surface area contributed by atoms with Gasteiger partial charge in [-0.2, -0.15) is 0 Å². The summed E-state index contributed by atoms with van der Waals surface area (Å²) >= 11 is 1.72. The molecule has 0 saturated carbocycles. The number of pyridine rings is 1. The monoisotopic (exact) mass is 302 g/mol. The Kier molecular flexibility index (Phi) is 3.47. The Morgan fingerprint density at radius 1 is 1.43 bits per heavy atom. The molecule has 2 aromatic heterocycles. The normalized spacial score (nSPS) is 17.4. The van der Waals surface area contributed by atoms with Gasteiger partial charge in [-0.25, -0.2) is 9.78 Å². The van der Waals surface area contributed by atoms with Crippen molar-refractivity contribution < 1.29 is 14.7 Å². The van der Waals surface area contributed by atoms with E-state index in [1.165, 1.54) is 22.7 Å². The smallest absolute Gasteiger partial charge is 0.354 e. The van der Waals surface area contributed by atoms with E-state index >= 15 is 0 Å². The molecule has 0 saturated heterocycles. The summed E-state index contributed by atoms with van der Waals surface area (Å²) in [4.78, 5) is 30.4. The van der Waals surface area contributed by atoms with Gasteiger partial charge < -0.3 is 10.0 Å². The quantitative estimate of drug-likeness (QED) is 0.925. The minimum absolute atomic E-state index is 0.00828. The van der Waals surface area contributed by atoms with E-state index in [2.05, 4.69) is 11.1 Å². The lowest BCUT2D eigenvalue weighted by Gasteiger charge is -2.33. The van der Waals surface area contributed by atoms with Crippen LogP contribution in [0, 0.1) is 0 Å². The molecule has 0 bridgehead atoms. The SMILES string of the molecule is CC1c2ccsc2CCN1C(=O)c1ccnc(C(=O)O)c1. The fourth-order valence-corrected chi connectivity index (χ4v) is 3.60. The average molecular weight is 302 g/mol. The number of hydrogen-bond acceptors (Lipinski definition) is 4. The first-order chi connectivity index (χ1) is 10.1. The summed E-state index contributed by atoms with van der Waals surface area (Å²) < 4.78 is 0. The molecule has 2 aromatic rings. The second-order valence-corrected chi connectivity index (χ2v) is 5.96. The van der Waals surface area contributed by atoms with Crippen molar-refractivity contribution in [3.05, 3.63) is 51.5 Å². The minimum atomic E-state index is -1.13. The van der Waals surface area contributed by atoms with Crippen LogP contribution >= 0.6 is 11.3 Å². The van der Waals surface area contributed by atoms with Gasteiger partial charge in [0.25, 0.3) is 5.91 Å². The summed E-state index contributed by atoms with van der Waals surface area (Å²) in [7, 11) is 0. The van der Waals surface area contributed by atoms with Gasteiger partial charge in [-0.1, -0.05) is 0 Å². The van der Waals surface area contributed by atoms with Crippen LogP contribution in [0.2, 0.25) is 0 Å². The van der Waals surface area contributed by atoms with Gasteiger partial charge in [-0.15, -0.1) is 11.3 Å². The maximum atomic E-state index is 12.6. The van der Waals surface area contributed by atoms with E-state index in [4.69, 9.17) is 5.11 Å². The number of thiophene rings is 1. The Labute approximate surface area is 125 Å². The maximum Gasteiger partial charge on any atom is 0.354 e. The fraction of sp³-hybridized carbons (Fsp3) is 0.267. The van der Waals surface area contributed by atoms with E-state index in [0.717, 1.165) is 6.42 Å². The number of fused-ring (bicyclic) bond motifs is 1. The Balaban J connectivity index is 1.89. The average Bonchev–Trinajstić information content (AvgIpc) is 2.96. The molecule has 0 aliphatic carbocycles. The lowest BCUT2D eigenvalue weighted by Crippen LogP contribution is -2.38. The zero-order valence-electron chi connectivity index (χ0n) is 11.4. The van der Waals surface area contributed by atoms with E-state index in [0.29, 0.717) is 12.1 Å². The van der Waals surface area contributed by atoms with E-state index in [1.807, 2.05) is 12.3 Å². The molecule has 0 radical (unpaired) electrons. The fourth-order valence-electron chi connectivity index (χ4n) is 2.63. The number of aromatic nitrogens is 1. The van der Waals surface area contributed by atoms with Crippen LogP contribution in [0.5, 0.6) is 0 Å². The third-order valence-electron chi connectivity index (χ3n) is 3.76. The van der Waals surface area contributed by atoms with Crippen molar-refractivity contribution in [2.75, 3.05) is 6.54 Å². The molecule has 3 heterocycles. The maximum absolute atomic E-state index is 12.6. The van der Waals surface area contributed by atoms with Gasteiger partial charge in [-0.3, -0.25) is 4.79 Å². The Bertz CT molecular complexity index is 710. The summed E-state index contributed by atoms with van der Waals surface area (Å²) in [6.07, 6.45) is 2.21. The standard InChI is InChI=1S/C15H14N2O3S/c1-9-11-4-7-21-13(11)3-6-17(9)14(18)10-2-5-16-12(8-10)15(19)20/h2,4-5,7-9H,3,6H2,1H3,(H,19,20). The van der Waals surface area contributed by atoms with Crippen LogP contribution in [-0.4, -0.2) is 33.4 Å². The predicted molar refractivity (Wildman–Crippen MR) is 78.7 cm³/mol. The van der Waals surface area contributed by atoms with E-state index in [1.54, 1.807) is 22.3 Å². The predicted octanol–water partition coefficient (Wildman–Crippen LogP) is 2.60. The van der Waals surface area contributed by atoms with Crippen LogP contribution in [-0.2, 0) is 6.42 Å². The summed E-state index contributed by atoms with van der Waals surface area (Å²) in [5.41, 5.74) is 1.45. The summed E-state index contributed by atoms with van der Waals surface area (Å²) in [6, 6.07) is 4.96. The van der Waals surface area contributed by atoms with E-state index in [9.17, 15) is 9.59 Å². The number of carboxylic acid groups (broad SMARTS) is 1. The Morgan fingerprint density at radius 2 is 2.24 bits per heavy atom. The van der Waals surface area contributed by atoms with Crippen molar-refractivity contribution in [3.63, 3.8) is 0 Å². The molecule has 1 amide bonds. The van der Waals surface area contributed by atoms with Crippen LogP contribution in [0.3, 0.4) is 0 Å². The molecule has 0 aromatic carbocycles. The Hall–Kier alpha value is -2.21. The molecule has 1 N–H and O–H groups in total. The van der Waals surface area contributed by atoms with Crippen molar-refractivity contribution in [1.82, 2.24) is 9.88 Å². The van der Waals surface area contributed by atoms with Gasteiger partial charge in [0.15, 0.2) is 0 Å². The number of carbonyl (C=O) groups excluding carboxylic acids is 1. The molecular weight excluding hydrogens is 288 g/mol. The highest BCUT2D eigenvalue weighted by Gasteiger charge is 2.29. The lowest BCUT2D eigenvalue weighted by atomic mass is 10.0. The second-order valence-electron chi connectivity index (χ2n) is 4.96. The third-order valence-corrected chi connectivity index (χ3v) is 4.76. The van der Waals surface area contributed by atoms with Crippen molar-refractivity contribution in [3.8, 4) is 0 Å². The highest BCUT2D eigenvalue weighted by Crippen LogP contribution is 2.33. The number of aromatic carboxylic acids is 1. The highest BCUT2D eigenvalue weighted by atomic mass is 32.1. The first-order valence-corrected chi connectivity index (χ1v) is 7.52. The number of hydrogen-bond donors (Lipinski definition) is 1. The van der Waals surface area contributed by atoms with Gasteiger partial charge in [-0.05, 0) is 42.5 Å². The van der Waals surface area contributed by atoms with Gasteiger partial charge in [0.1, 0.15) is 5.69 Å². The molecule has 3 rings (SSSR count). The number of amides is 1. The number of nitrogens with zero attached hydrogens (tertiary/aromatic N) is 2. The molecule has 1 aliphatic heterocycles. The van der Waals surface area contributed by atoms with Crippen molar-refractivity contribution in [2.24, 2.45) is 0 Å². The number of carboxylic acids is 1. The molecule has 5 nitrogen and oxygen atoms in total. The number of carbonyl (C=O) groups is 2. The molecule has 1 atom stereocenters. The van der Waals surface area contributed by atoms with Gasteiger partial charge in [0.2, 0.25) is 0 Å². The molecule has 6 heteroatoms. The first-order valence-electron chi connectivity index (χ1n) is 6.64. The largest absolute Gasteiger partial charge is 0.477 e. The van der Waals surface area contributed by atoms with Crippen LogP contribution in [0.15, 0.2) is 29.8 Å². The van der Waals surface area contributed by atoms with Gasteiger partial charge in [0, 0.05) is 23.2 Å². The Morgan fingerprint density at radius 3 is 3.00 bits per heavy atom. The molecule has 1 unspecified atom stereocenters. The molecule has 0 fully saturated rings. The van der Waals surface area contributed by atoms with Crippen molar-refractivity contribution in [2.45, 2.75) is 19.4 Å². The second kappa shape index (κ2) is 5.29. The van der Waals surface area contributed by atoms with E-state index in [-0.39, 0.29) is 17.6 Å². The molecule has 1 aliphatic rings. The molecule has 108 valence electrons. The minimum Gasteiger partial charge on any atom is -0.477 e. The topological polar surface area (TPSA) is 70.5 Å². The van der Waals surface area contributed by atoms with Crippen LogP contribution in [0.25, 0.3) is 0 Å². The number of rotatable bonds is 2. The zero-order chi connectivity index (χ0) is 15.0. The van der Waals surface area contributed by atoms with Crippen LogP contribution in [0.4, 0.5) is 0 Å². The molecular formula is C15H14N2O3S. The lowest BCUT2D eigenvalue weighted by molar-refractivity contribution is 0.0679. The van der Waals surface area contributed by atoms with Crippen molar-refractivity contribution >= 4 is 23.2 Å². The summed E-state index contributed by atoms with van der Waals surface area (Å²) in [6.45, 7) is 2.65. The van der Waals surface area contributed by atoms with E-state index < -0.39 is 5.97 Å². The highest BCUT2D eigenvalue weighted by molar-refractivity contribution is 7.10. The summed E-state index contributed by atoms with van der Waals surface area (Å²) in [5.74, 6) is -1.28. The third kappa shape index (κ3) is 2.42. The van der Waals surface area contributed by atoms with Crippen molar-refractivity contribution in [1.29, 1.82) is 0 Å². The van der Waals surface area contributed by atoms with Crippen LogP contribution < -0.4 is 0 Å². The van der Waals surface area contributed by atoms with Crippen LogP contribution in [0.1, 0.15) is 44.3 Å². The van der Waals surface area contributed by atoms with Gasteiger partial charge in [0.05, 0.1) is 6.04 Å². The zero-order valence-corrected chi connectivity index (χ0v) is 12.3. The molecule has 21 heavy (non-hydrogen) atoms. The first kappa shape index (κ1) is 13.8. The molecule has 0 spiro atoms. The van der Waals surface area contributed by atoms with Gasteiger partial charge >= 0.3 is 5.97 Å².